The van der Waals surface area contributed by atoms with Crippen LogP contribution in [0.4, 0.5) is 14.9 Å². The van der Waals surface area contributed by atoms with E-state index in [2.05, 4.69) is 5.32 Å². The molecule has 6 nitrogen and oxygen atoms in total. The molecule has 2 amide bonds. The van der Waals surface area contributed by atoms with Gasteiger partial charge in [0.1, 0.15) is 18.0 Å². The van der Waals surface area contributed by atoms with E-state index in [0.29, 0.717) is 30.6 Å². The molecule has 0 fully saturated rings. The maximum atomic E-state index is 13.2. The Morgan fingerprint density at radius 1 is 1.19 bits per heavy atom. The molecule has 0 saturated heterocycles. The molecule has 1 N–H and O–H groups in total. The first-order chi connectivity index (χ1) is 15.2. The van der Waals surface area contributed by atoms with Crippen LogP contribution in [0.5, 0.6) is 5.75 Å². The van der Waals surface area contributed by atoms with Crippen LogP contribution >= 0.6 is 0 Å². The van der Waals surface area contributed by atoms with Gasteiger partial charge in [-0.25, -0.2) is 9.18 Å². The van der Waals surface area contributed by atoms with Crippen molar-refractivity contribution >= 4 is 17.7 Å². The Hall–Kier alpha value is -3.35. The Morgan fingerprint density at radius 2 is 1.91 bits per heavy atom. The van der Waals surface area contributed by atoms with Crippen LogP contribution in [0.2, 0.25) is 0 Å². The van der Waals surface area contributed by atoms with Crippen molar-refractivity contribution in [2.75, 3.05) is 24.6 Å². The summed E-state index contributed by atoms with van der Waals surface area (Å²) in [6.45, 7) is 7.78. The SMILES string of the molecule is Cc1ccc(N2CCc3cc(OC/C(=C/F)CNC(=O)OC(C)(C)C)ccc3C2=O)cc1. The molecular formula is C25H29FN2O4. The van der Waals surface area contributed by atoms with Crippen LogP contribution in [0.15, 0.2) is 54.4 Å². The van der Waals surface area contributed by atoms with E-state index >= 15 is 0 Å². The minimum absolute atomic E-state index is 0.0274. The maximum Gasteiger partial charge on any atom is 0.407 e. The summed E-state index contributed by atoms with van der Waals surface area (Å²) in [6, 6.07) is 13.1. The molecule has 0 aromatic heterocycles. The number of hydrogen-bond donors (Lipinski definition) is 1. The van der Waals surface area contributed by atoms with Crippen LogP contribution in [0.25, 0.3) is 0 Å². The van der Waals surface area contributed by atoms with Crippen molar-refractivity contribution in [2.24, 2.45) is 0 Å². The number of amides is 2. The van der Waals surface area contributed by atoms with Crippen molar-refractivity contribution in [3.8, 4) is 5.75 Å². The van der Waals surface area contributed by atoms with Crippen molar-refractivity contribution in [1.29, 1.82) is 0 Å². The van der Waals surface area contributed by atoms with Crippen molar-refractivity contribution in [2.45, 2.75) is 39.7 Å². The van der Waals surface area contributed by atoms with Crippen LogP contribution in [-0.2, 0) is 11.2 Å². The van der Waals surface area contributed by atoms with Crippen LogP contribution in [-0.4, -0.2) is 37.3 Å². The second-order valence-corrected chi connectivity index (χ2v) is 8.77. The summed E-state index contributed by atoms with van der Waals surface area (Å²) in [5.41, 5.74) is 3.18. The van der Waals surface area contributed by atoms with Gasteiger partial charge in [-0.05, 0) is 70.0 Å². The second kappa shape index (κ2) is 9.85. The van der Waals surface area contributed by atoms with Gasteiger partial charge in [-0.15, -0.1) is 0 Å². The fourth-order valence-corrected chi connectivity index (χ4v) is 3.32. The predicted octanol–water partition coefficient (Wildman–Crippen LogP) is 4.95. The molecule has 1 aliphatic heterocycles. The van der Waals surface area contributed by atoms with Crippen LogP contribution < -0.4 is 15.0 Å². The second-order valence-electron chi connectivity index (χ2n) is 8.77. The highest BCUT2D eigenvalue weighted by Crippen LogP contribution is 2.27. The van der Waals surface area contributed by atoms with E-state index in [9.17, 15) is 14.0 Å². The summed E-state index contributed by atoms with van der Waals surface area (Å²) in [5, 5.41) is 2.51. The fraction of sp³-hybridized carbons (Fsp3) is 0.360. The van der Waals surface area contributed by atoms with Crippen molar-refractivity contribution < 1.29 is 23.5 Å². The number of alkyl carbamates (subject to hydrolysis) is 1. The number of ether oxygens (including phenoxy) is 2. The molecule has 0 aliphatic carbocycles. The lowest BCUT2D eigenvalue weighted by Gasteiger charge is -2.29. The van der Waals surface area contributed by atoms with E-state index in [4.69, 9.17) is 9.47 Å². The molecule has 2 aromatic rings. The lowest BCUT2D eigenvalue weighted by Crippen LogP contribution is -2.37. The highest BCUT2D eigenvalue weighted by molar-refractivity contribution is 6.08. The first-order valence-corrected chi connectivity index (χ1v) is 10.6. The molecule has 0 saturated carbocycles. The van der Waals surface area contributed by atoms with Crippen LogP contribution in [0.3, 0.4) is 0 Å². The summed E-state index contributed by atoms with van der Waals surface area (Å²) < 4.78 is 24.0. The molecule has 1 aliphatic rings. The third-order valence-electron chi connectivity index (χ3n) is 4.94. The molecule has 0 atom stereocenters. The van der Waals surface area contributed by atoms with E-state index < -0.39 is 11.7 Å². The zero-order chi connectivity index (χ0) is 23.3. The third kappa shape index (κ3) is 6.09. The van der Waals surface area contributed by atoms with E-state index in [-0.39, 0.29) is 24.6 Å². The van der Waals surface area contributed by atoms with Gasteiger partial charge in [-0.2, -0.15) is 0 Å². The van der Waals surface area contributed by atoms with E-state index in [1.54, 1.807) is 37.8 Å². The topological polar surface area (TPSA) is 67.9 Å². The van der Waals surface area contributed by atoms with Gasteiger partial charge in [-0.1, -0.05) is 17.7 Å². The highest BCUT2D eigenvalue weighted by Gasteiger charge is 2.25. The molecule has 170 valence electrons. The summed E-state index contributed by atoms with van der Waals surface area (Å²) in [7, 11) is 0. The van der Waals surface area contributed by atoms with Gasteiger partial charge in [0.25, 0.3) is 5.91 Å². The van der Waals surface area contributed by atoms with Gasteiger partial charge in [0.2, 0.25) is 0 Å². The van der Waals surface area contributed by atoms with Crippen molar-refractivity contribution in [3.63, 3.8) is 0 Å². The molecule has 3 rings (SSSR count). The number of carbonyl (C=O) groups is 2. The predicted molar refractivity (Wildman–Crippen MR) is 122 cm³/mol. The van der Waals surface area contributed by atoms with E-state index in [1.165, 1.54) is 0 Å². The number of nitrogens with one attached hydrogen (secondary N) is 1. The number of carbonyl (C=O) groups excluding carboxylic acids is 2. The van der Waals surface area contributed by atoms with Gasteiger partial charge < -0.3 is 19.7 Å². The standard InChI is InChI=1S/C25H29FN2O4/c1-17-5-7-20(8-6-17)28-12-11-19-13-21(9-10-22(19)23(28)29)31-16-18(14-26)15-27-24(30)32-25(2,3)4/h5-10,13-14H,11-12,15-16H2,1-4H3,(H,27,30)/b18-14+. The molecule has 1 heterocycles. The number of rotatable bonds is 6. The van der Waals surface area contributed by atoms with Gasteiger partial charge in [0.05, 0.1) is 6.33 Å². The normalized spacial score (nSPS) is 14.1. The smallest absolute Gasteiger partial charge is 0.407 e. The van der Waals surface area contributed by atoms with Gasteiger partial charge in [0.15, 0.2) is 0 Å². The van der Waals surface area contributed by atoms with Crippen molar-refractivity contribution in [3.05, 3.63) is 71.1 Å². The average molecular weight is 441 g/mol. The molecule has 0 bridgehead atoms. The largest absolute Gasteiger partial charge is 0.489 e. The molecule has 32 heavy (non-hydrogen) atoms. The molecule has 0 spiro atoms. The average Bonchev–Trinajstić information content (AvgIpc) is 2.73. The number of benzene rings is 2. The monoisotopic (exact) mass is 440 g/mol. The van der Waals surface area contributed by atoms with Crippen LogP contribution in [0.1, 0.15) is 42.3 Å². The van der Waals surface area contributed by atoms with Gasteiger partial charge in [0, 0.05) is 29.9 Å². The Balaban J connectivity index is 1.59. The lowest BCUT2D eigenvalue weighted by atomic mass is 9.98. The quantitative estimate of drug-likeness (QED) is 0.690. The number of fused-ring (bicyclic) bond motifs is 1. The summed E-state index contributed by atoms with van der Waals surface area (Å²) >= 11 is 0. The van der Waals surface area contributed by atoms with Crippen LogP contribution in [0, 0.1) is 6.92 Å². The molecule has 2 aromatic carbocycles. The summed E-state index contributed by atoms with van der Waals surface area (Å²) in [4.78, 5) is 26.5. The number of anilines is 1. The Labute approximate surface area is 188 Å². The number of nitrogens with zero attached hydrogens (tertiary/aromatic N) is 1. The number of hydrogen-bond acceptors (Lipinski definition) is 4. The first-order valence-electron chi connectivity index (χ1n) is 10.6. The molecule has 0 radical (unpaired) electrons. The third-order valence-corrected chi connectivity index (χ3v) is 4.94. The minimum atomic E-state index is -0.629. The lowest BCUT2D eigenvalue weighted by molar-refractivity contribution is 0.0531. The number of halogens is 1. The van der Waals surface area contributed by atoms with Crippen molar-refractivity contribution in [1.82, 2.24) is 5.32 Å². The number of aryl methyl sites for hydroxylation is 1. The van der Waals surface area contributed by atoms with Gasteiger partial charge in [-0.3, -0.25) is 4.79 Å². The fourth-order valence-electron chi connectivity index (χ4n) is 3.32. The maximum absolute atomic E-state index is 13.2. The summed E-state index contributed by atoms with van der Waals surface area (Å²) in [6.07, 6.45) is 0.485. The molecular weight excluding hydrogens is 411 g/mol. The first kappa shape index (κ1) is 23.3. The van der Waals surface area contributed by atoms with E-state index in [0.717, 1.165) is 16.8 Å². The summed E-state index contributed by atoms with van der Waals surface area (Å²) in [5.74, 6) is 0.490. The Bertz CT molecular complexity index is 1010. The molecule has 7 heteroatoms. The zero-order valence-electron chi connectivity index (χ0n) is 18.9. The minimum Gasteiger partial charge on any atom is -0.489 e. The molecule has 0 unspecified atom stereocenters. The van der Waals surface area contributed by atoms with Gasteiger partial charge >= 0.3 is 6.09 Å². The Kier molecular flexibility index (Phi) is 7.18. The zero-order valence-corrected chi connectivity index (χ0v) is 18.9. The van der Waals surface area contributed by atoms with E-state index in [1.807, 2.05) is 37.3 Å². The highest BCUT2D eigenvalue weighted by atomic mass is 19.1. The Morgan fingerprint density at radius 3 is 2.56 bits per heavy atom.